The highest BCUT2D eigenvalue weighted by molar-refractivity contribution is 6.32. The summed E-state index contributed by atoms with van der Waals surface area (Å²) in [5.74, 6) is -0.170. The van der Waals surface area contributed by atoms with Crippen LogP contribution >= 0.6 is 11.6 Å². The molecule has 61 heavy (non-hydrogen) atoms. The van der Waals surface area contributed by atoms with E-state index in [4.69, 9.17) is 16.7 Å². The summed E-state index contributed by atoms with van der Waals surface area (Å²) in [5.41, 5.74) is 6.84. The van der Waals surface area contributed by atoms with Gasteiger partial charge in [-0.15, -0.1) is 5.10 Å². The Morgan fingerprint density at radius 3 is 2.51 bits per heavy atom. The summed E-state index contributed by atoms with van der Waals surface area (Å²) in [6.07, 6.45) is 6.75. The zero-order chi connectivity index (χ0) is 42.0. The smallest absolute Gasteiger partial charge is 0.271 e. The third-order valence-electron chi connectivity index (χ3n) is 14.1. The minimum atomic E-state index is -0.993. The number of aromatic nitrogens is 3. The van der Waals surface area contributed by atoms with Crippen LogP contribution < -0.4 is 20.9 Å². The van der Waals surface area contributed by atoms with E-state index in [1.165, 1.54) is 30.2 Å². The van der Waals surface area contributed by atoms with Crippen molar-refractivity contribution in [2.75, 3.05) is 69.6 Å². The predicted octanol–water partition coefficient (Wildman–Crippen LogP) is 4.93. The zero-order valence-electron chi connectivity index (χ0n) is 34.5. The zero-order valence-corrected chi connectivity index (χ0v) is 35.2. The quantitative estimate of drug-likeness (QED) is 0.188. The molecule has 2 aromatic heterocycles. The number of piperidine rings is 3. The molecule has 4 saturated heterocycles. The molecule has 3 atom stereocenters. The van der Waals surface area contributed by atoms with E-state index in [9.17, 15) is 23.6 Å². The Morgan fingerprint density at radius 1 is 0.984 bits per heavy atom. The lowest BCUT2D eigenvalue weighted by molar-refractivity contribution is -0.134. The second kappa shape index (κ2) is 16.0. The van der Waals surface area contributed by atoms with E-state index < -0.39 is 18.1 Å². The Kier molecular flexibility index (Phi) is 10.5. The first-order valence-electron chi connectivity index (χ1n) is 21.8. The van der Waals surface area contributed by atoms with E-state index >= 15 is 0 Å². The molecule has 0 bridgehead atoms. The number of carbonyl (C=O) groups excluding carboxylic acids is 4. The van der Waals surface area contributed by atoms with Crippen LogP contribution in [-0.2, 0) is 22.6 Å². The number of fused-ring (bicyclic) bond motifs is 2. The van der Waals surface area contributed by atoms with Gasteiger partial charge in [-0.25, -0.2) is 13.9 Å². The molecule has 2 unspecified atom stereocenters. The van der Waals surface area contributed by atoms with Crippen molar-refractivity contribution in [3.63, 3.8) is 0 Å². The van der Waals surface area contributed by atoms with Crippen LogP contribution in [0.4, 0.5) is 21.6 Å². The van der Waals surface area contributed by atoms with E-state index in [-0.39, 0.29) is 41.2 Å². The van der Waals surface area contributed by atoms with Crippen molar-refractivity contribution in [2.45, 2.75) is 76.0 Å². The highest BCUT2D eigenvalue weighted by atomic mass is 35.5. The second-order valence-corrected chi connectivity index (χ2v) is 18.5. The molecule has 5 aliphatic heterocycles. The van der Waals surface area contributed by atoms with Gasteiger partial charge in [-0.05, 0) is 104 Å². The van der Waals surface area contributed by atoms with Crippen molar-refractivity contribution in [3.8, 4) is 0 Å². The summed E-state index contributed by atoms with van der Waals surface area (Å²) in [6, 6.07) is 13.3. The van der Waals surface area contributed by atoms with Crippen molar-refractivity contribution in [1.82, 2.24) is 39.9 Å². The number of halogens is 2. The number of anilines is 3. The normalized spacial score (nSPS) is 24.1. The van der Waals surface area contributed by atoms with Crippen LogP contribution in [0.2, 0.25) is 5.02 Å². The van der Waals surface area contributed by atoms with Crippen LogP contribution in [-0.4, -0.2) is 125 Å². The van der Waals surface area contributed by atoms with Crippen molar-refractivity contribution >= 4 is 58.1 Å². The van der Waals surface area contributed by atoms with E-state index in [1.54, 1.807) is 22.7 Å². The van der Waals surface area contributed by atoms with Crippen LogP contribution in [0.5, 0.6) is 0 Å². The number of benzene rings is 2. The largest absolute Gasteiger partial charge is 0.385 e. The molecule has 2 aromatic carbocycles. The summed E-state index contributed by atoms with van der Waals surface area (Å²) in [6.45, 7) is 8.59. The molecular weight excluding hydrogens is 799 g/mol. The SMILES string of the molecule is CNc1cc(N2CCc3c(CN4CCC(CN5CC6(CCN(C(=O)c7ccc(Cl)c(C8CCC(=O)NC8=O)c7)CC6)C5)CC4)cccc32)nn2c(C(=O)NC3C[C@@H]3F)cnc12. The Labute approximate surface area is 359 Å². The number of likely N-dealkylation sites (tertiary alicyclic amines) is 3. The Hall–Kier alpha value is -5.12. The lowest BCUT2D eigenvalue weighted by Gasteiger charge is -2.55. The van der Waals surface area contributed by atoms with Gasteiger partial charge in [0.1, 0.15) is 6.17 Å². The van der Waals surface area contributed by atoms with Crippen molar-refractivity contribution in [3.05, 3.63) is 81.6 Å². The average molecular weight is 851 g/mol. The number of nitrogens with one attached hydrogen (secondary N) is 3. The van der Waals surface area contributed by atoms with Crippen LogP contribution in [0.15, 0.2) is 48.7 Å². The molecule has 1 spiro atoms. The molecule has 1 aliphatic carbocycles. The van der Waals surface area contributed by atoms with Gasteiger partial charge >= 0.3 is 0 Å². The number of carbonyl (C=O) groups is 4. The molecule has 0 radical (unpaired) electrons. The predicted molar refractivity (Wildman–Crippen MR) is 229 cm³/mol. The fourth-order valence-corrected chi connectivity index (χ4v) is 10.7. The molecular formula is C45H52ClFN10O4. The van der Waals surface area contributed by atoms with Gasteiger partial charge < -0.3 is 25.3 Å². The number of imide groups is 1. The van der Waals surface area contributed by atoms with Gasteiger partial charge in [0.15, 0.2) is 17.2 Å². The summed E-state index contributed by atoms with van der Waals surface area (Å²) < 4.78 is 15.1. The maximum atomic E-state index is 13.6. The molecule has 16 heteroatoms. The van der Waals surface area contributed by atoms with Gasteiger partial charge in [0.25, 0.3) is 11.8 Å². The third-order valence-corrected chi connectivity index (χ3v) is 14.4. The highest BCUT2D eigenvalue weighted by Crippen LogP contribution is 2.42. The van der Waals surface area contributed by atoms with Gasteiger partial charge in [-0.3, -0.25) is 29.4 Å². The first kappa shape index (κ1) is 40.0. The van der Waals surface area contributed by atoms with Crippen molar-refractivity contribution < 1.29 is 23.6 Å². The number of nitrogens with zero attached hydrogens (tertiary/aromatic N) is 7. The van der Waals surface area contributed by atoms with Gasteiger partial charge in [0.05, 0.1) is 23.8 Å². The number of hydrogen-bond donors (Lipinski definition) is 3. The summed E-state index contributed by atoms with van der Waals surface area (Å²) in [4.78, 5) is 64.7. The van der Waals surface area contributed by atoms with E-state index in [0.29, 0.717) is 40.6 Å². The summed E-state index contributed by atoms with van der Waals surface area (Å²) in [7, 11) is 1.83. The van der Waals surface area contributed by atoms with Crippen molar-refractivity contribution in [1.29, 1.82) is 0 Å². The van der Waals surface area contributed by atoms with E-state index in [1.807, 2.05) is 18.0 Å². The number of imidazole rings is 1. The molecule has 14 nitrogen and oxygen atoms in total. The maximum Gasteiger partial charge on any atom is 0.271 e. The highest BCUT2D eigenvalue weighted by Gasteiger charge is 2.46. The van der Waals surface area contributed by atoms with E-state index in [2.05, 4.69) is 53.8 Å². The lowest BCUT2D eigenvalue weighted by Crippen LogP contribution is -2.61. The van der Waals surface area contributed by atoms with Gasteiger partial charge in [-0.2, -0.15) is 0 Å². The molecule has 1 saturated carbocycles. The minimum Gasteiger partial charge on any atom is -0.385 e. The molecule has 4 aromatic rings. The molecule has 320 valence electrons. The molecule has 3 N–H and O–H groups in total. The Balaban J connectivity index is 0.706. The fourth-order valence-electron chi connectivity index (χ4n) is 10.5. The number of alkyl halides is 1. The summed E-state index contributed by atoms with van der Waals surface area (Å²) in [5, 5.41) is 13.7. The Morgan fingerprint density at radius 2 is 1.77 bits per heavy atom. The van der Waals surface area contributed by atoms with Crippen molar-refractivity contribution in [2.24, 2.45) is 11.3 Å². The van der Waals surface area contributed by atoms with Crippen LogP contribution in [0, 0.1) is 11.3 Å². The monoisotopic (exact) mass is 850 g/mol. The first-order valence-corrected chi connectivity index (χ1v) is 22.2. The average Bonchev–Trinajstić information content (AvgIpc) is 3.56. The third kappa shape index (κ3) is 7.73. The molecule has 4 amide bonds. The van der Waals surface area contributed by atoms with Gasteiger partial charge in [-0.1, -0.05) is 23.7 Å². The number of hydrogen-bond acceptors (Lipinski definition) is 10. The van der Waals surface area contributed by atoms with E-state index in [0.717, 1.165) is 95.4 Å². The van der Waals surface area contributed by atoms with Crippen LogP contribution in [0.1, 0.15) is 88.4 Å². The maximum absolute atomic E-state index is 13.6. The lowest BCUT2D eigenvalue weighted by atomic mass is 9.71. The van der Waals surface area contributed by atoms with Crippen LogP contribution in [0.3, 0.4) is 0 Å². The van der Waals surface area contributed by atoms with Gasteiger partial charge in [0, 0.05) is 88.0 Å². The molecule has 6 aliphatic rings. The second-order valence-electron chi connectivity index (χ2n) is 18.1. The fraction of sp³-hybridized carbons (Fsp3) is 0.511. The van der Waals surface area contributed by atoms with Gasteiger partial charge in [0.2, 0.25) is 11.8 Å². The number of rotatable bonds is 10. The van der Waals surface area contributed by atoms with Crippen LogP contribution in [0.25, 0.3) is 5.65 Å². The standard InChI is InChI=1S/C45H52ClFN10O4/c1-48-36-21-39(52-57-38(22-49-41(36)57)43(60)50-35-20-34(35)47)56-16-11-30-29(3-2-4-37(30)56)24-53-14-9-27(10-15-53)23-54-25-45(26-54)12-17-55(18-13-45)44(61)28-5-7-33(46)32(19-28)31-6-8-40(58)51-42(31)59/h2-5,7,19,21-22,27,31,34-35,48H,6,8-18,20,23-26H2,1H3,(H,50,60)(H,51,58,59)/t31?,34-,35?/m0/s1. The molecule has 10 rings (SSSR count). The Bertz CT molecular complexity index is 2400. The summed E-state index contributed by atoms with van der Waals surface area (Å²) >= 11 is 6.47. The molecule has 7 heterocycles. The topological polar surface area (TPSA) is 148 Å². The minimum absolute atomic E-state index is 0.0296. The molecule has 5 fully saturated rings. The first-order chi connectivity index (χ1) is 29.5. The number of amides is 4.